The fourth-order valence-electron chi connectivity index (χ4n) is 3.94. The molecule has 0 unspecified atom stereocenters. The topological polar surface area (TPSA) is 86.8 Å². The lowest BCUT2D eigenvalue weighted by atomic mass is 9.97. The van der Waals surface area contributed by atoms with Crippen LogP contribution >= 0.6 is 11.6 Å². The van der Waals surface area contributed by atoms with Gasteiger partial charge in [0.2, 0.25) is 5.91 Å². The van der Waals surface area contributed by atoms with Crippen molar-refractivity contribution in [2.45, 2.75) is 33.1 Å². The lowest BCUT2D eigenvalue weighted by Crippen LogP contribution is -2.42. The Balaban J connectivity index is 1.42. The molecule has 2 N–H and O–H groups in total. The maximum atomic E-state index is 12.4. The molecule has 0 spiro atoms. The van der Waals surface area contributed by atoms with Crippen LogP contribution in [0.5, 0.6) is 0 Å². The number of carbonyl (C=O) groups is 1. The molecule has 1 saturated heterocycles. The van der Waals surface area contributed by atoms with E-state index in [1.807, 2.05) is 23.2 Å². The quantitative estimate of drug-likeness (QED) is 0.611. The summed E-state index contributed by atoms with van der Waals surface area (Å²) in [5.41, 5.74) is 1.62. The lowest BCUT2D eigenvalue weighted by Gasteiger charge is -2.33. The molecule has 4 heterocycles. The van der Waals surface area contributed by atoms with E-state index in [1.165, 1.54) is 0 Å². The van der Waals surface area contributed by atoms with Crippen LogP contribution < -0.4 is 5.32 Å². The van der Waals surface area contributed by atoms with Crippen molar-refractivity contribution in [3.05, 3.63) is 35.7 Å². The molecule has 3 aromatic rings. The minimum absolute atomic E-state index is 0.269. The minimum atomic E-state index is 0.269. The van der Waals surface area contributed by atoms with Crippen molar-refractivity contribution in [3.8, 4) is 11.4 Å². The molecule has 1 aliphatic heterocycles. The maximum absolute atomic E-state index is 12.4. The van der Waals surface area contributed by atoms with E-state index in [1.54, 1.807) is 12.4 Å². The van der Waals surface area contributed by atoms with E-state index >= 15 is 0 Å². The molecule has 1 aliphatic rings. The summed E-state index contributed by atoms with van der Waals surface area (Å²) in [5, 5.41) is 4.91. The van der Waals surface area contributed by atoms with Gasteiger partial charge in [0.1, 0.15) is 11.5 Å². The normalized spacial score (nSPS) is 16.9. The average Bonchev–Trinajstić information content (AvgIpc) is 3.15. The molecule has 8 heteroatoms. The van der Waals surface area contributed by atoms with Gasteiger partial charge in [0, 0.05) is 55.6 Å². The minimum Gasteiger partial charge on any atom is -0.370 e. The molecule has 1 atom stereocenters. The number of likely N-dealkylation sites (tertiary alicyclic amines) is 1. The Morgan fingerprint density at radius 1 is 1.40 bits per heavy atom. The van der Waals surface area contributed by atoms with Crippen molar-refractivity contribution in [3.63, 3.8) is 0 Å². The number of halogens is 1. The summed E-state index contributed by atoms with van der Waals surface area (Å²) in [4.78, 5) is 31.0. The Labute approximate surface area is 181 Å². The summed E-state index contributed by atoms with van der Waals surface area (Å²) in [6, 6.07) is 3.73. The zero-order chi connectivity index (χ0) is 21.1. The molecular weight excluding hydrogens is 400 g/mol. The highest BCUT2D eigenvalue weighted by Crippen LogP contribution is 2.27. The van der Waals surface area contributed by atoms with Crippen molar-refractivity contribution in [2.75, 3.05) is 25.0 Å². The first-order valence-electron chi connectivity index (χ1n) is 10.5. The number of hydrogen-bond donors (Lipinski definition) is 2. The molecule has 30 heavy (non-hydrogen) atoms. The van der Waals surface area contributed by atoms with Crippen LogP contribution in [-0.2, 0) is 4.79 Å². The monoisotopic (exact) mass is 426 g/mol. The third-order valence-corrected chi connectivity index (χ3v) is 5.63. The van der Waals surface area contributed by atoms with Gasteiger partial charge in [0.25, 0.3) is 0 Å². The molecule has 7 nitrogen and oxygen atoms in total. The third-order valence-electron chi connectivity index (χ3n) is 5.42. The van der Waals surface area contributed by atoms with Crippen LogP contribution in [0.15, 0.2) is 30.7 Å². The number of nitrogens with zero attached hydrogens (tertiary/aromatic N) is 4. The van der Waals surface area contributed by atoms with Gasteiger partial charge in [-0.2, -0.15) is 0 Å². The van der Waals surface area contributed by atoms with Gasteiger partial charge in [-0.3, -0.25) is 4.79 Å². The number of fused-ring (bicyclic) bond motifs is 1. The number of carbonyl (C=O) groups excluding carboxylic acids is 1. The number of rotatable bonds is 6. The molecule has 4 rings (SSSR count). The highest BCUT2D eigenvalue weighted by atomic mass is 35.5. The first-order valence-corrected chi connectivity index (χ1v) is 10.8. The van der Waals surface area contributed by atoms with Crippen LogP contribution in [0.4, 0.5) is 5.82 Å². The van der Waals surface area contributed by atoms with Gasteiger partial charge in [-0.1, -0.05) is 25.4 Å². The van der Waals surface area contributed by atoms with Gasteiger partial charge in [-0.25, -0.2) is 15.0 Å². The number of piperidine rings is 1. The Morgan fingerprint density at radius 2 is 2.27 bits per heavy atom. The van der Waals surface area contributed by atoms with Crippen molar-refractivity contribution in [1.82, 2.24) is 24.8 Å². The van der Waals surface area contributed by atoms with Crippen molar-refractivity contribution in [1.29, 1.82) is 0 Å². The molecule has 0 saturated carbocycles. The molecule has 158 valence electrons. The zero-order valence-electron chi connectivity index (χ0n) is 17.4. The number of nitrogens with one attached hydrogen (secondary N) is 2. The van der Waals surface area contributed by atoms with Crippen LogP contribution in [0.3, 0.4) is 0 Å². The predicted molar refractivity (Wildman–Crippen MR) is 119 cm³/mol. The van der Waals surface area contributed by atoms with E-state index in [2.05, 4.69) is 39.1 Å². The highest BCUT2D eigenvalue weighted by molar-refractivity contribution is 6.31. The molecule has 0 bridgehead atoms. The number of anilines is 1. The Hall–Kier alpha value is -2.67. The number of aromatic amines is 1. The van der Waals surface area contributed by atoms with E-state index in [0.717, 1.165) is 54.9 Å². The number of hydrogen-bond acceptors (Lipinski definition) is 5. The number of aromatic nitrogens is 4. The summed E-state index contributed by atoms with van der Waals surface area (Å²) < 4.78 is 0. The largest absolute Gasteiger partial charge is 0.370 e. The summed E-state index contributed by atoms with van der Waals surface area (Å²) in [6.07, 6.45) is 8.01. The smallest absolute Gasteiger partial charge is 0.222 e. The van der Waals surface area contributed by atoms with E-state index in [9.17, 15) is 4.79 Å². The predicted octanol–water partition coefficient (Wildman–Crippen LogP) is 4.37. The van der Waals surface area contributed by atoms with E-state index in [4.69, 9.17) is 11.6 Å². The standard InChI is InChI=1S/C22H27ClN6O/c1-14(2)8-20(30)29-7-3-4-15(13-29)10-25-19-5-6-24-22(28-19)18-12-27-21-17(18)9-16(23)11-26-21/h5-6,9,11-12,14-15H,3-4,7-8,10,13H2,1-2H3,(H,26,27)(H,24,25,28)/t15-/m1/s1. The van der Waals surface area contributed by atoms with Gasteiger partial charge >= 0.3 is 0 Å². The molecule has 1 fully saturated rings. The molecule has 3 aromatic heterocycles. The van der Waals surface area contributed by atoms with Crippen molar-refractivity contribution >= 4 is 34.4 Å². The van der Waals surface area contributed by atoms with Gasteiger partial charge < -0.3 is 15.2 Å². The summed E-state index contributed by atoms with van der Waals surface area (Å²) in [6.45, 7) is 6.64. The maximum Gasteiger partial charge on any atom is 0.222 e. The second-order valence-electron chi connectivity index (χ2n) is 8.34. The molecule has 0 aliphatic carbocycles. The molecule has 0 radical (unpaired) electrons. The van der Waals surface area contributed by atoms with E-state index < -0.39 is 0 Å². The SMILES string of the molecule is CC(C)CC(=O)N1CCC[C@H](CNc2ccnc(-c3c[nH]c4ncc(Cl)cc34)n2)C1. The first kappa shape index (κ1) is 20.6. The van der Waals surface area contributed by atoms with E-state index in [0.29, 0.717) is 29.1 Å². The third kappa shape index (κ3) is 4.73. The number of amides is 1. The molecule has 1 amide bonds. The second-order valence-corrected chi connectivity index (χ2v) is 8.78. The number of H-pyrrole nitrogens is 1. The summed E-state index contributed by atoms with van der Waals surface area (Å²) in [5.74, 6) is 2.47. The van der Waals surface area contributed by atoms with Crippen LogP contribution in [0.2, 0.25) is 5.02 Å². The van der Waals surface area contributed by atoms with Gasteiger partial charge in [0.15, 0.2) is 5.82 Å². The first-order chi connectivity index (χ1) is 14.5. The highest BCUT2D eigenvalue weighted by Gasteiger charge is 2.24. The fourth-order valence-corrected chi connectivity index (χ4v) is 4.09. The fraction of sp³-hybridized carbons (Fsp3) is 0.455. The van der Waals surface area contributed by atoms with Gasteiger partial charge in [-0.05, 0) is 36.8 Å². The number of pyridine rings is 1. The van der Waals surface area contributed by atoms with Crippen LogP contribution in [0.25, 0.3) is 22.4 Å². The van der Waals surface area contributed by atoms with Crippen molar-refractivity contribution in [2.24, 2.45) is 11.8 Å². The van der Waals surface area contributed by atoms with E-state index in [-0.39, 0.29) is 5.91 Å². The Kier molecular flexibility index (Phi) is 6.18. The average molecular weight is 427 g/mol. The van der Waals surface area contributed by atoms with Crippen LogP contribution in [-0.4, -0.2) is 50.4 Å². The van der Waals surface area contributed by atoms with Crippen LogP contribution in [0.1, 0.15) is 33.1 Å². The summed E-state index contributed by atoms with van der Waals surface area (Å²) in [7, 11) is 0. The zero-order valence-corrected chi connectivity index (χ0v) is 18.1. The van der Waals surface area contributed by atoms with Crippen molar-refractivity contribution < 1.29 is 4.79 Å². The molecule has 0 aromatic carbocycles. The molecular formula is C22H27ClN6O. The second kappa shape index (κ2) is 9.00. The lowest BCUT2D eigenvalue weighted by molar-refractivity contribution is -0.133. The summed E-state index contributed by atoms with van der Waals surface area (Å²) >= 11 is 6.11. The Bertz CT molecular complexity index is 1030. The van der Waals surface area contributed by atoms with Gasteiger partial charge in [-0.15, -0.1) is 0 Å². The van der Waals surface area contributed by atoms with Crippen LogP contribution in [0, 0.1) is 11.8 Å². The Morgan fingerprint density at radius 3 is 3.10 bits per heavy atom. The van der Waals surface area contributed by atoms with Gasteiger partial charge in [0.05, 0.1) is 5.02 Å².